The van der Waals surface area contributed by atoms with Crippen LogP contribution in [0.15, 0.2) is 29.2 Å². The van der Waals surface area contributed by atoms with E-state index in [9.17, 15) is 22.8 Å². The number of hydrogen-bond donors (Lipinski definition) is 4. The van der Waals surface area contributed by atoms with Crippen LogP contribution in [-0.4, -0.2) is 79.7 Å². The van der Waals surface area contributed by atoms with Crippen molar-refractivity contribution in [2.24, 2.45) is 5.73 Å². The van der Waals surface area contributed by atoms with Crippen LogP contribution in [-0.2, 0) is 24.4 Å². The van der Waals surface area contributed by atoms with E-state index in [1.807, 2.05) is 0 Å². The molecule has 1 aromatic carbocycles. The van der Waals surface area contributed by atoms with Crippen molar-refractivity contribution in [3.63, 3.8) is 0 Å². The summed E-state index contributed by atoms with van der Waals surface area (Å²) in [4.78, 5) is 36.6. The third-order valence-corrected chi connectivity index (χ3v) is 5.35. The molecule has 0 aromatic heterocycles. The van der Waals surface area contributed by atoms with Crippen molar-refractivity contribution in [3.8, 4) is 0 Å². The van der Waals surface area contributed by atoms with Gasteiger partial charge in [-0.15, -0.1) is 0 Å². The quantitative estimate of drug-likeness (QED) is 0.223. The number of nitrogens with one attached hydrogen (secondary N) is 2. The van der Waals surface area contributed by atoms with E-state index in [1.54, 1.807) is 0 Å². The average molecular weight is 397 g/mol. The van der Waals surface area contributed by atoms with E-state index in [-0.39, 0.29) is 36.9 Å². The predicted octanol–water partition coefficient (Wildman–Crippen LogP) is -2.00. The number of nitrogen functional groups attached to an aromatic ring is 1. The highest BCUT2D eigenvalue weighted by Crippen LogP contribution is 2.10. The number of carbonyl (C=O) groups is 3. The van der Waals surface area contributed by atoms with Gasteiger partial charge in [-0.3, -0.25) is 19.8 Å². The number of hydrogen-bond acceptors (Lipinski definition) is 6. The first-order valence-corrected chi connectivity index (χ1v) is 9.34. The van der Waals surface area contributed by atoms with Crippen LogP contribution in [0.4, 0.5) is 0 Å². The van der Waals surface area contributed by atoms with Gasteiger partial charge in [0.05, 0.1) is 4.90 Å². The maximum Gasteiger partial charge on any atom is 0.323 e. The van der Waals surface area contributed by atoms with Gasteiger partial charge >= 0.3 is 17.8 Å². The predicted molar refractivity (Wildman–Crippen MR) is 93.4 cm³/mol. The Hall–Kier alpha value is -2.99. The Balaban J connectivity index is 1.91. The van der Waals surface area contributed by atoms with Crippen molar-refractivity contribution >= 4 is 33.6 Å². The van der Waals surface area contributed by atoms with Gasteiger partial charge in [-0.25, -0.2) is 13.1 Å². The SMILES string of the molecule is N=C(N)c1ccc(S(=O)(=O)NCCN2CCN(CC(=O)O)C(=O)C2=O)cc1. The fraction of sp³-hybridized carbons (Fsp3) is 0.333. The summed E-state index contributed by atoms with van der Waals surface area (Å²) in [7, 11) is -3.83. The van der Waals surface area contributed by atoms with E-state index in [2.05, 4.69) is 4.72 Å². The van der Waals surface area contributed by atoms with Crippen molar-refractivity contribution in [1.82, 2.24) is 14.5 Å². The zero-order valence-corrected chi connectivity index (χ0v) is 15.0. The lowest BCUT2D eigenvalue weighted by Crippen LogP contribution is -2.56. The van der Waals surface area contributed by atoms with Crippen molar-refractivity contribution in [2.75, 3.05) is 32.7 Å². The Morgan fingerprint density at radius 1 is 1.15 bits per heavy atom. The molecule has 0 spiro atoms. The molecule has 1 heterocycles. The number of nitrogens with two attached hydrogens (primary N) is 1. The Morgan fingerprint density at radius 3 is 2.26 bits per heavy atom. The Bertz CT molecular complexity index is 867. The molecule has 1 saturated heterocycles. The number of benzene rings is 1. The second-order valence-electron chi connectivity index (χ2n) is 5.75. The van der Waals surface area contributed by atoms with Crippen molar-refractivity contribution in [1.29, 1.82) is 5.41 Å². The van der Waals surface area contributed by atoms with Crippen molar-refractivity contribution < 1.29 is 27.9 Å². The number of sulfonamides is 1. The highest BCUT2D eigenvalue weighted by atomic mass is 32.2. The maximum atomic E-state index is 12.2. The minimum Gasteiger partial charge on any atom is -0.480 e. The summed E-state index contributed by atoms with van der Waals surface area (Å²) in [6.07, 6.45) is 0. The fourth-order valence-corrected chi connectivity index (χ4v) is 3.48. The molecular weight excluding hydrogens is 378 g/mol. The van der Waals surface area contributed by atoms with E-state index in [0.29, 0.717) is 5.56 Å². The molecule has 0 bridgehead atoms. The second-order valence-corrected chi connectivity index (χ2v) is 7.52. The fourth-order valence-electron chi connectivity index (χ4n) is 2.45. The molecule has 0 unspecified atom stereocenters. The van der Waals surface area contributed by atoms with E-state index in [0.717, 1.165) is 4.90 Å². The van der Waals surface area contributed by atoms with Crippen LogP contribution >= 0.6 is 0 Å². The number of carbonyl (C=O) groups excluding carboxylic acids is 2. The molecule has 1 aliphatic rings. The van der Waals surface area contributed by atoms with E-state index < -0.39 is 34.4 Å². The second kappa shape index (κ2) is 8.14. The number of nitrogens with zero attached hydrogens (tertiary/aromatic N) is 2. The number of piperazine rings is 1. The molecule has 27 heavy (non-hydrogen) atoms. The van der Waals surface area contributed by atoms with Gasteiger partial charge < -0.3 is 20.6 Å². The van der Waals surface area contributed by atoms with Crippen LogP contribution in [0.5, 0.6) is 0 Å². The molecule has 12 heteroatoms. The number of aliphatic carboxylic acids is 1. The normalized spacial score (nSPS) is 15.1. The summed E-state index contributed by atoms with van der Waals surface area (Å²) in [5, 5.41) is 16.0. The number of rotatable bonds is 8. The molecule has 1 aliphatic heterocycles. The van der Waals surface area contributed by atoms with Gasteiger partial charge in [-0.2, -0.15) is 0 Å². The summed E-state index contributed by atoms with van der Waals surface area (Å²) in [5.41, 5.74) is 5.70. The number of amides is 2. The van der Waals surface area contributed by atoms with Gasteiger partial charge in [0.15, 0.2) is 0 Å². The van der Waals surface area contributed by atoms with Crippen LogP contribution in [0.2, 0.25) is 0 Å². The summed E-state index contributed by atoms with van der Waals surface area (Å²) in [5.74, 6) is -3.19. The molecular formula is C15H19N5O6S. The number of carboxylic acids is 1. The lowest BCUT2D eigenvalue weighted by atomic mass is 10.2. The van der Waals surface area contributed by atoms with Crippen LogP contribution < -0.4 is 10.5 Å². The zero-order chi connectivity index (χ0) is 20.2. The molecule has 11 nitrogen and oxygen atoms in total. The summed E-state index contributed by atoms with van der Waals surface area (Å²) >= 11 is 0. The third-order valence-electron chi connectivity index (χ3n) is 3.87. The standard InChI is InChI=1S/C15H19N5O6S/c16-13(17)10-1-3-11(4-2-10)27(25,26)18-5-6-19-7-8-20(9-12(21)22)15(24)14(19)23/h1-4,18H,5-9H2,(H3,16,17)(H,21,22). The topological polar surface area (TPSA) is 174 Å². The molecule has 0 atom stereocenters. The molecule has 1 aromatic rings. The Kier molecular flexibility index (Phi) is 6.13. The van der Waals surface area contributed by atoms with E-state index in [4.69, 9.17) is 16.2 Å². The smallest absolute Gasteiger partial charge is 0.323 e. The minimum atomic E-state index is -3.83. The van der Waals surface area contributed by atoms with Gasteiger partial charge in [-0.05, 0) is 24.3 Å². The largest absolute Gasteiger partial charge is 0.480 e. The zero-order valence-electron chi connectivity index (χ0n) is 14.2. The van der Waals surface area contributed by atoms with Gasteiger partial charge in [0.2, 0.25) is 10.0 Å². The molecule has 146 valence electrons. The molecule has 5 N–H and O–H groups in total. The summed E-state index contributed by atoms with van der Waals surface area (Å²) in [6, 6.07) is 5.42. The van der Waals surface area contributed by atoms with Gasteiger partial charge in [0.25, 0.3) is 0 Å². The lowest BCUT2D eigenvalue weighted by molar-refractivity contribution is -0.158. The van der Waals surface area contributed by atoms with E-state index in [1.165, 1.54) is 29.2 Å². The van der Waals surface area contributed by atoms with Crippen molar-refractivity contribution in [3.05, 3.63) is 29.8 Å². The minimum absolute atomic E-state index is 0.0267. The Morgan fingerprint density at radius 2 is 1.70 bits per heavy atom. The van der Waals surface area contributed by atoms with Crippen LogP contribution in [0.3, 0.4) is 0 Å². The average Bonchev–Trinajstić information content (AvgIpc) is 2.60. The van der Waals surface area contributed by atoms with Crippen LogP contribution in [0.1, 0.15) is 5.56 Å². The van der Waals surface area contributed by atoms with Crippen molar-refractivity contribution in [2.45, 2.75) is 4.90 Å². The summed E-state index contributed by atoms with van der Waals surface area (Å²) < 4.78 is 26.8. The maximum absolute atomic E-state index is 12.2. The monoisotopic (exact) mass is 397 g/mol. The first-order valence-electron chi connectivity index (χ1n) is 7.86. The van der Waals surface area contributed by atoms with Gasteiger partial charge in [0, 0.05) is 31.7 Å². The highest BCUT2D eigenvalue weighted by Gasteiger charge is 2.33. The molecule has 2 rings (SSSR count). The number of amidine groups is 1. The Labute approximate surface area is 155 Å². The molecule has 0 aliphatic carbocycles. The first kappa shape index (κ1) is 20.3. The molecule has 1 fully saturated rings. The lowest BCUT2D eigenvalue weighted by Gasteiger charge is -2.32. The van der Waals surface area contributed by atoms with Gasteiger partial charge in [-0.1, -0.05) is 0 Å². The van der Waals surface area contributed by atoms with Crippen LogP contribution in [0, 0.1) is 5.41 Å². The molecule has 2 amide bonds. The van der Waals surface area contributed by atoms with Gasteiger partial charge in [0.1, 0.15) is 12.4 Å². The first-order chi connectivity index (χ1) is 12.6. The third kappa shape index (κ3) is 5.01. The summed E-state index contributed by atoms with van der Waals surface area (Å²) in [6.45, 7) is -0.519. The van der Waals surface area contributed by atoms with E-state index >= 15 is 0 Å². The molecule has 0 radical (unpaired) electrons. The van der Waals surface area contributed by atoms with Crippen LogP contribution in [0.25, 0.3) is 0 Å². The highest BCUT2D eigenvalue weighted by molar-refractivity contribution is 7.89. The number of carboxylic acid groups (broad SMARTS) is 1. The molecule has 0 saturated carbocycles.